The number of allylic oxidation sites excluding steroid dienone is 12. The van der Waals surface area contributed by atoms with Gasteiger partial charge in [-0.1, -0.05) is 183 Å². The number of carboxylic acid groups (broad SMARTS) is 1. The third-order valence-electron chi connectivity index (χ3n) is 11.4. The van der Waals surface area contributed by atoms with Gasteiger partial charge in [0.1, 0.15) is 6.61 Å². The summed E-state index contributed by atoms with van der Waals surface area (Å²) >= 11 is 0. The summed E-state index contributed by atoms with van der Waals surface area (Å²) in [4.78, 5) is 37.2. The number of quaternary nitrogens is 1. The highest BCUT2D eigenvalue weighted by molar-refractivity contribution is 5.72. The number of carbonyl (C=O) groups excluding carboxylic acids is 2. The molecule has 0 radical (unpaired) electrons. The molecule has 0 aliphatic heterocycles. The van der Waals surface area contributed by atoms with E-state index in [1.54, 1.807) is 0 Å². The van der Waals surface area contributed by atoms with Gasteiger partial charge in [0.15, 0.2) is 12.1 Å². The van der Waals surface area contributed by atoms with E-state index in [0.717, 1.165) is 77.0 Å². The molecule has 2 atom stereocenters. The summed E-state index contributed by atoms with van der Waals surface area (Å²) < 4.78 is 17.3. The van der Waals surface area contributed by atoms with Crippen LogP contribution in [-0.2, 0) is 28.6 Å². The first-order chi connectivity index (χ1) is 31.1. The summed E-state index contributed by atoms with van der Waals surface area (Å²) in [5.41, 5.74) is 0. The van der Waals surface area contributed by atoms with Crippen LogP contribution in [0.15, 0.2) is 72.9 Å². The summed E-state index contributed by atoms with van der Waals surface area (Å²) in [6, 6.07) is -0.623. The molecule has 0 aliphatic carbocycles. The number of likely N-dealkylation sites (N-methyl/N-ethyl adjacent to an activating group) is 1. The van der Waals surface area contributed by atoms with Crippen molar-refractivity contribution < 1.29 is 38.2 Å². The van der Waals surface area contributed by atoms with Crippen LogP contribution in [0.2, 0.25) is 0 Å². The Kier molecular flexibility index (Phi) is 44.0. The number of esters is 2. The fourth-order valence-electron chi connectivity index (χ4n) is 7.30. The van der Waals surface area contributed by atoms with Crippen molar-refractivity contribution in [2.24, 2.45) is 0 Å². The van der Waals surface area contributed by atoms with Crippen molar-refractivity contribution in [3.05, 3.63) is 72.9 Å². The maximum atomic E-state index is 12.8. The summed E-state index contributed by atoms with van der Waals surface area (Å²) in [6.07, 6.45) is 59.4. The maximum absolute atomic E-state index is 12.8. The molecule has 0 amide bonds. The fourth-order valence-corrected chi connectivity index (χ4v) is 7.30. The Morgan fingerprint density at radius 1 is 0.484 bits per heavy atom. The van der Waals surface area contributed by atoms with Gasteiger partial charge in [-0.3, -0.25) is 9.59 Å². The second kappa shape index (κ2) is 46.3. The van der Waals surface area contributed by atoms with E-state index in [4.69, 9.17) is 14.2 Å². The SMILES string of the molecule is CCCCC/C=C/C=C/CCCCCCCCCCCCC(=O)OCC(COCCC(C(=O)O)[N+](C)(C)C)OC(=O)CCCCCCC/C=C/C/C=C/C/C=C/C/C=C/CCCCC. The van der Waals surface area contributed by atoms with Crippen molar-refractivity contribution in [3.8, 4) is 0 Å². The molecule has 0 spiro atoms. The minimum absolute atomic E-state index is 0.0495. The van der Waals surface area contributed by atoms with Crippen LogP contribution in [0.25, 0.3) is 0 Å². The minimum atomic E-state index is -0.880. The second-order valence-corrected chi connectivity index (χ2v) is 18.4. The van der Waals surface area contributed by atoms with E-state index in [0.29, 0.717) is 19.3 Å². The molecule has 1 N–H and O–H groups in total. The summed E-state index contributed by atoms with van der Waals surface area (Å²) in [7, 11) is 5.52. The van der Waals surface area contributed by atoms with Crippen molar-refractivity contribution in [3.63, 3.8) is 0 Å². The highest BCUT2D eigenvalue weighted by atomic mass is 16.6. The van der Waals surface area contributed by atoms with Gasteiger partial charge in [0.2, 0.25) is 0 Å². The molecule has 0 aromatic rings. The van der Waals surface area contributed by atoms with E-state index in [9.17, 15) is 19.5 Å². The molecule has 0 bridgehead atoms. The van der Waals surface area contributed by atoms with Crippen LogP contribution < -0.4 is 0 Å². The number of hydrogen-bond acceptors (Lipinski definition) is 6. The van der Waals surface area contributed by atoms with Crippen molar-refractivity contribution in [2.75, 3.05) is 41.0 Å². The Morgan fingerprint density at radius 3 is 1.31 bits per heavy atom. The number of aliphatic carboxylic acids is 1. The highest BCUT2D eigenvalue weighted by Crippen LogP contribution is 2.14. The molecule has 368 valence electrons. The highest BCUT2D eigenvalue weighted by Gasteiger charge is 2.31. The van der Waals surface area contributed by atoms with E-state index in [1.807, 2.05) is 21.1 Å². The van der Waals surface area contributed by atoms with Crippen molar-refractivity contribution in [1.82, 2.24) is 0 Å². The zero-order valence-electron chi connectivity index (χ0n) is 42.0. The van der Waals surface area contributed by atoms with Crippen molar-refractivity contribution in [2.45, 2.75) is 225 Å². The molecule has 0 aromatic heterocycles. The van der Waals surface area contributed by atoms with Gasteiger partial charge in [0, 0.05) is 19.3 Å². The van der Waals surface area contributed by atoms with Crippen LogP contribution >= 0.6 is 0 Å². The van der Waals surface area contributed by atoms with Crippen LogP contribution in [0.1, 0.15) is 213 Å². The monoisotopic (exact) mass is 897 g/mol. The summed E-state index contributed by atoms with van der Waals surface area (Å²) in [5.74, 6) is -1.50. The van der Waals surface area contributed by atoms with Crippen LogP contribution in [0.5, 0.6) is 0 Å². The third-order valence-corrected chi connectivity index (χ3v) is 11.4. The molecule has 0 aromatic carbocycles. The topological polar surface area (TPSA) is 99.1 Å². The number of carboxylic acids is 1. The first-order valence-electron chi connectivity index (χ1n) is 26.0. The predicted octanol–water partition coefficient (Wildman–Crippen LogP) is 15.1. The Morgan fingerprint density at radius 2 is 0.875 bits per heavy atom. The van der Waals surface area contributed by atoms with Gasteiger partial charge in [0.25, 0.3) is 0 Å². The molecule has 0 aliphatic rings. The lowest BCUT2D eigenvalue weighted by molar-refractivity contribution is -0.887. The second-order valence-electron chi connectivity index (χ2n) is 18.4. The van der Waals surface area contributed by atoms with Gasteiger partial charge in [-0.15, -0.1) is 0 Å². The Bertz CT molecular complexity index is 1270. The average Bonchev–Trinajstić information content (AvgIpc) is 3.26. The van der Waals surface area contributed by atoms with E-state index in [-0.39, 0.29) is 36.2 Å². The minimum Gasteiger partial charge on any atom is -0.477 e. The van der Waals surface area contributed by atoms with Gasteiger partial charge in [-0.05, 0) is 83.5 Å². The number of carbonyl (C=O) groups is 3. The third kappa shape index (κ3) is 44.0. The molecular formula is C56H98NO7+. The molecule has 2 unspecified atom stereocenters. The maximum Gasteiger partial charge on any atom is 0.362 e. The Labute approximate surface area is 393 Å². The Hall–Kier alpha value is -3.23. The zero-order chi connectivity index (χ0) is 47.0. The molecule has 0 saturated heterocycles. The van der Waals surface area contributed by atoms with Crippen LogP contribution in [-0.4, -0.2) is 80.6 Å². The Balaban J connectivity index is 4.30. The lowest BCUT2D eigenvalue weighted by atomic mass is 10.1. The number of ether oxygens (including phenoxy) is 3. The molecule has 8 nitrogen and oxygen atoms in total. The van der Waals surface area contributed by atoms with E-state index in [1.165, 1.54) is 103 Å². The van der Waals surface area contributed by atoms with Gasteiger partial charge in [-0.2, -0.15) is 0 Å². The van der Waals surface area contributed by atoms with Gasteiger partial charge in [-0.25, -0.2) is 4.79 Å². The largest absolute Gasteiger partial charge is 0.477 e. The molecule has 0 rings (SSSR count). The first-order valence-corrected chi connectivity index (χ1v) is 26.0. The molecular weight excluding hydrogens is 799 g/mol. The first kappa shape index (κ1) is 60.8. The lowest BCUT2D eigenvalue weighted by Crippen LogP contribution is -2.50. The molecule has 0 fully saturated rings. The number of nitrogens with zero attached hydrogens (tertiary/aromatic N) is 1. The molecule has 0 heterocycles. The summed E-state index contributed by atoms with van der Waals surface area (Å²) in [5, 5.41) is 9.66. The van der Waals surface area contributed by atoms with E-state index >= 15 is 0 Å². The van der Waals surface area contributed by atoms with Crippen molar-refractivity contribution in [1.29, 1.82) is 0 Å². The predicted molar refractivity (Wildman–Crippen MR) is 270 cm³/mol. The molecule has 0 saturated carbocycles. The fraction of sp³-hybridized carbons (Fsp3) is 0.732. The molecule has 8 heteroatoms. The number of rotatable bonds is 46. The van der Waals surface area contributed by atoms with Crippen LogP contribution in [0, 0.1) is 0 Å². The normalized spacial score (nSPS) is 13.5. The smallest absolute Gasteiger partial charge is 0.362 e. The van der Waals surface area contributed by atoms with E-state index in [2.05, 4.69) is 86.8 Å². The van der Waals surface area contributed by atoms with Crippen molar-refractivity contribution >= 4 is 17.9 Å². The summed E-state index contributed by atoms with van der Waals surface area (Å²) in [6.45, 7) is 4.67. The van der Waals surface area contributed by atoms with Crippen LogP contribution in [0.4, 0.5) is 0 Å². The van der Waals surface area contributed by atoms with E-state index < -0.39 is 18.1 Å². The standard InChI is InChI=1S/C56H97NO7/c1-6-8-10-12-14-16-18-20-22-24-26-27-29-31-33-35-37-39-41-43-45-47-55(59)64-52(50-62-49-48-53(56(60)61)57(3,4)5)51-63-54(58)46-44-42-40-38-36-34-32-30-28-25-23-21-19-17-15-13-11-9-7-2/h14-17,19-22,26-27,31,33,52-53H,6-13,18,23-25,28-30,32,34-51H2,1-5H3/p+1/b16-14+,17-15+,21-19+,22-20+,27-26+,33-31+. The lowest BCUT2D eigenvalue weighted by Gasteiger charge is -2.31. The van der Waals surface area contributed by atoms with Crippen LogP contribution in [0.3, 0.4) is 0 Å². The zero-order valence-corrected chi connectivity index (χ0v) is 42.0. The van der Waals surface area contributed by atoms with Gasteiger partial charge < -0.3 is 23.8 Å². The number of unbranched alkanes of at least 4 members (excludes halogenated alkanes) is 21. The molecule has 64 heavy (non-hydrogen) atoms. The van der Waals surface area contributed by atoms with Gasteiger partial charge in [0.05, 0.1) is 34.4 Å². The quantitative estimate of drug-likeness (QED) is 0.0214. The van der Waals surface area contributed by atoms with Gasteiger partial charge >= 0.3 is 17.9 Å². The number of hydrogen-bond donors (Lipinski definition) is 1. The average molecular weight is 897 g/mol.